The van der Waals surface area contributed by atoms with Gasteiger partial charge in [-0.15, -0.1) is 0 Å². The summed E-state index contributed by atoms with van der Waals surface area (Å²) in [5.74, 6) is -0.833. The summed E-state index contributed by atoms with van der Waals surface area (Å²) in [7, 11) is 0. The highest BCUT2D eigenvalue weighted by molar-refractivity contribution is 5.56. The molecular weight excluding hydrogens is 376 g/mol. The molecule has 0 bridgehead atoms. The number of benzene rings is 1. The monoisotopic (exact) mass is 403 g/mol. The van der Waals surface area contributed by atoms with Crippen LogP contribution in [0.4, 0.5) is 20.3 Å². The van der Waals surface area contributed by atoms with Crippen molar-refractivity contribution in [2.45, 2.75) is 38.1 Å². The summed E-state index contributed by atoms with van der Waals surface area (Å²) in [6, 6.07) is 7.97. The van der Waals surface area contributed by atoms with E-state index in [1.807, 2.05) is 6.07 Å². The van der Waals surface area contributed by atoms with Crippen LogP contribution in [0, 0.1) is 11.6 Å². The van der Waals surface area contributed by atoms with E-state index in [0.29, 0.717) is 25.2 Å². The molecular formula is C22H27F2N3O2. The number of H-pyrrole nitrogens is 1. The van der Waals surface area contributed by atoms with Crippen molar-refractivity contribution in [2.75, 3.05) is 42.6 Å². The normalized spacial score (nSPS) is 20.6. The zero-order valence-corrected chi connectivity index (χ0v) is 16.5. The maximum Gasteiger partial charge on any atom is 0.251 e. The summed E-state index contributed by atoms with van der Waals surface area (Å²) < 4.78 is 33.4. The Morgan fingerprint density at radius 2 is 1.90 bits per heavy atom. The van der Waals surface area contributed by atoms with E-state index in [0.717, 1.165) is 62.9 Å². The van der Waals surface area contributed by atoms with Gasteiger partial charge in [0, 0.05) is 43.5 Å². The minimum absolute atomic E-state index is 0.00406. The van der Waals surface area contributed by atoms with Crippen molar-refractivity contribution in [2.24, 2.45) is 0 Å². The van der Waals surface area contributed by atoms with Gasteiger partial charge in [0.15, 0.2) is 11.6 Å². The van der Waals surface area contributed by atoms with Gasteiger partial charge in [0.1, 0.15) is 5.82 Å². The number of halogens is 2. The fourth-order valence-corrected chi connectivity index (χ4v) is 4.34. The summed E-state index contributed by atoms with van der Waals surface area (Å²) in [4.78, 5) is 19.7. The lowest BCUT2D eigenvalue weighted by atomic mass is 10.00. The number of ether oxygens (including phenoxy) is 1. The molecule has 1 aromatic carbocycles. The third kappa shape index (κ3) is 4.61. The van der Waals surface area contributed by atoms with Crippen molar-refractivity contribution < 1.29 is 13.5 Å². The summed E-state index contributed by atoms with van der Waals surface area (Å²) in [5.41, 5.74) is 1.12. The van der Waals surface area contributed by atoms with Gasteiger partial charge in [-0.2, -0.15) is 0 Å². The SMILES string of the molecule is O=c1cc(N2CCOCC2)cc(N2CCCCCC2Cc2cccc(F)c2F)[nH]1. The molecule has 0 amide bonds. The van der Waals surface area contributed by atoms with Crippen LogP contribution in [0.5, 0.6) is 0 Å². The van der Waals surface area contributed by atoms with Gasteiger partial charge in [0.25, 0.3) is 5.56 Å². The predicted octanol–water partition coefficient (Wildman–Crippen LogP) is 3.48. The van der Waals surface area contributed by atoms with E-state index in [2.05, 4.69) is 14.8 Å². The van der Waals surface area contributed by atoms with Crippen LogP contribution < -0.4 is 15.4 Å². The van der Waals surface area contributed by atoms with Crippen LogP contribution >= 0.6 is 0 Å². The molecule has 2 aliphatic heterocycles. The van der Waals surface area contributed by atoms with Crippen molar-refractivity contribution in [1.82, 2.24) is 4.98 Å². The number of rotatable bonds is 4. The van der Waals surface area contributed by atoms with Gasteiger partial charge in [-0.25, -0.2) is 8.78 Å². The van der Waals surface area contributed by atoms with E-state index in [9.17, 15) is 13.6 Å². The van der Waals surface area contributed by atoms with Gasteiger partial charge in [-0.05, 0) is 30.9 Å². The molecule has 4 rings (SSSR count). The molecule has 3 heterocycles. The van der Waals surface area contributed by atoms with Crippen LogP contribution in [0.2, 0.25) is 0 Å². The Kier molecular flexibility index (Phi) is 6.13. The van der Waals surface area contributed by atoms with Gasteiger partial charge < -0.3 is 19.5 Å². The minimum atomic E-state index is -0.814. The topological polar surface area (TPSA) is 48.6 Å². The molecule has 29 heavy (non-hydrogen) atoms. The van der Waals surface area contributed by atoms with E-state index in [1.165, 1.54) is 0 Å². The summed E-state index contributed by atoms with van der Waals surface area (Å²) in [6.07, 6.45) is 4.41. The Labute approximate surface area is 169 Å². The van der Waals surface area contributed by atoms with Crippen LogP contribution in [0.1, 0.15) is 31.2 Å². The van der Waals surface area contributed by atoms with Gasteiger partial charge in [-0.1, -0.05) is 25.0 Å². The van der Waals surface area contributed by atoms with E-state index < -0.39 is 11.6 Å². The second-order valence-electron chi connectivity index (χ2n) is 7.80. The zero-order chi connectivity index (χ0) is 20.2. The van der Waals surface area contributed by atoms with Crippen molar-refractivity contribution in [3.63, 3.8) is 0 Å². The number of hydrogen-bond acceptors (Lipinski definition) is 4. The number of pyridine rings is 1. The van der Waals surface area contributed by atoms with Crippen LogP contribution in [0.25, 0.3) is 0 Å². The molecule has 1 atom stereocenters. The fraction of sp³-hybridized carbons (Fsp3) is 0.500. The number of anilines is 2. The summed E-state index contributed by atoms with van der Waals surface area (Å²) in [5, 5.41) is 0. The second kappa shape index (κ2) is 8.95. The van der Waals surface area contributed by atoms with Crippen LogP contribution in [-0.4, -0.2) is 43.9 Å². The Hall–Kier alpha value is -2.41. The first-order chi connectivity index (χ1) is 14.1. The Bertz CT molecular complexity index is 896. The standard InChI is InChI=1S/C22H27F2N3O2/c23-19-7-4-5-16(22(19)24)13-17-6-2-1-3-8-27(17)20-14-18(15-21(28)25-20)26-9-11-29-12-10-26/h4-5,7,14-15,17H,1-3,6,8-13H2,(H,25,28). The fourth-order valence-electron chi connectivity index (χ4n) is 4.34. The third-order valence-corrected chi connectivity index (χ3v) is 5.86. The first-order valence-electron chi connectivity index (χ1n) is 10.4. The molecule has 0 spiro atoms. The van der Waals surface area contributed by atoms with Gasteiger partial charge in [-0.3, -0.25) is 4.79 Å². The number of aromatic nitrogens is 1. The molecule has 0 radical (unpaired) electrons. The smallest absolute Gasteiger partial charge is 0.251 e. The molecule has 156 valence electrons. The first kappa shape index (κ1) is 19.9. The van der Waals surface area contributed by atoms with Crippen LogP contribution in [0.3, 0.4) is 0 Å². The van der Waals surface area contributed by atoms with E-state index in [4.69, 9.17) is 4.74 Å². The van der Waals surface area contributed by atoms with Gasteiger partial charge >= 0.3 is 0 Å². The van der Waals surface area contributed by atoms with Crippen molar-refractivity contribution in [3.05, 3.63) is 57.9 Å². The minimum Gasteiger partial charge on any atom is -0.378 e. The molecule has 2 saturated heterocycles. The molecule has 2 aromatic rings. The summed E-state index contributed by atoms with van der Waals surface area (Å²) in [6.45, 7) is 3.58. The Balaban J connectivity index is 1.64. The highest BCUT2D eigenvalue weighted by atomic mass is 19.2. The Morgan fingerprint density at radius 1 is 1.07 bits per heavy atom. The maximum absolute atomic E-state index is 14.3. The molecule has 7 heteroatoms. The number of nitrogens with zero attached hydrogens (tertiary/aromatic N) is 2. The number of nitrogens with one attached hydrogen (secondary N) is 1. The second-order valence-corrected chi connectivity index (χ2v) is 7.80. The molecule has 1 unspecified atom stereocenters. The van der Waals surface area contributed by atoms with Crippen molar-refractivity contribution in [3.8, 4) is 0 Å². The number of morpholine rings is 1. The molecule has 2 aliphatic rings. The predicted molar refractivity (Wildman–Crippen MR) is 110 cm³/mol. The molecule has 1 aromatic heterocycles. The van der Waals surface area contributed by atoms with Gasteiger partial charge in [0.2, 0.25) is 0 Å². The molecule has 0 aliphatic carbocycles. The third-order valence-electron chi connectivity index (χ3n) is 5.86. The van der Waals surface area contributed by atoms with E-state index in [-0.39, 0.29) is 11.6 Å². The van der Waals surface area contributed by atoms with E-state index in [1.54, 1.807) is 18.2 Å². The highest BCUT2D eigenvalue weighted by Crippen LogP contribution is 2.28. The maximum atomic E-state index is 14.3. The van der Waals surface area contributed by atoms with E-state index >= 15 is 0 Å². The average molecular weight is 403 g/mol. The lowest BCUT2D eigenvalue weighted by Gasteiger charge is -2.34. The lowest BCUT2D eigenvalue weighted by molar-refractivity contribution is 0.122. The Morgan fingerprint density at radius 3 is 2.72 bits per heavy atom. The average Bonchev–Trinajstić information content (AvgIpc) is 2.97. The van der Waals surface area contributed by atoms with Gasteiger partial charge in [0.05, 0.1) is 13.2 Å². The molecule has 1 N–H and O–H groups in total. The largest absolute Gasteiger partial charge is 0.378 e. The van der Waals surface area contributed by atoms with Crippen molar-refractivity contribution >= 4 is 11.5 Å². The zero-order valence-electron chi connectivity index (χ0n) is 16.5. The highest BCUT2D eigenvalue weighted by Gasteiger charge is 2.25. The first-order valence-corrected chi connectivity index (χ1v) is 10.4. The quantitative estimate of drug-likeness (QED) is 0.849. The number of hydrogen-bond donors (Lipinski definition) is 1. The lowest BCUT2D eigenvalue weighted by Crippen LogP contribution is -2.39. The summed E-state index contributed by atoms with van der Waals surface area (Å²) >= 11 is 0. The molecule has 0 saturated carbocycles. The molecule has 2 fully saturated rings. The molecule has 5 nitrogen and oxygen atoms in total. The number of aromatic amines is 1. The van der Waals surface area contributed by atoms with Crippen LogP contribution in [-0.2, 0) is 11.2 Å². The van der Waals surface area contributed by atoms with Crippen LogP contribution in [0.15, 0.2) is 35.1 Å². The van der Waals surface area contributed by atoms with Crippen molar-refractivity contribution in [1.29, 1.82) is 0 Å².